The quantitative estimate of drug-likeness (QED) is 0.852. The van der Waals surface area contributed by atoms with E-state index in [0.29, 0.717) is 4.47 Å². The topological polar surface area (TPSA) is 43.1 Å². The van der Waals surface area contributed by atoms with Gasteiger partial charge in [-0.3, -0.25) is 4.79 Å². The molecule has 2 nitrogen and oxygen atoms in total. The van der Waals surface area contributed by atoms with Gasteiger partial charge in [-0.05, 0) is 53.7 Å². The molecule has 0 bridgehead atoms. The van der Waals surface area contributed by atoms with E-state index in [2.05, 4.69) is 15.9 Å². The molecule has 0 aliphatic heterocycles. The minimum absolute atomic E-state index is 0.0707. The van der Waals surface area contributed by atoms with Crippen LogP contribution in [0.25, 0.3) is 0 Å². The molecule has 0 saturated heterocycles. The number of hydrogen-bond acceptors (Lipinski definition) is 2. The van der Waals surface area contributed by atoms with Crippen LogP contribution in [0.1, 0.15) is 36.0 Å². The number of carbonyl (C=O) groups excluding carboxylic acids is 1. The Morgan fingerprint density at radius 3 is 2.59 bits per heavy atom. The van der Waals surface area contributed by atoms with Gasteiger partial charge in [-0.15, -0.1) is 0 Å². The second kappa shape index (κ2) is 5.27. The van der Waals surface area contributed by atoms with E-state index >= 15 is 0 Å². The summed E-state index contributed by atoms with van der Waals surface area (Å²) in [7, 11) is 0. The maximum atomic E-state index is 13.8. The van der Waals surface area contributed by atoms with E-state index in [1.165, 1.54) is 0 Å². The predicted molar refractivity (Wildman–Crippen MR) is 68.4 cm³/mol. The smallest absolute Gasteiger partial charge is 0.168 e. The van der Waals surface area contributed by atoms with Crippen molar-refractivity contribution in [3.05, 3.63) is 34.1 Å². The van der Waals surface area contributed by atoms with Gasteiger partial charge in [0.1, 0.15) is 5.82 Å². The summed E-state index contributed by atoms with van der Waals surface area (Å²) < 4.78 is 14.1. The third kappa shape index (κ3) is 2.75. The van der Waals surface area contributed by atoms with E-state index in [4.69, 9.17) is 5.73 Å². The number of ketones is 1. The van der Waals surface area contributed by atoms with Gasteiger partial charge in [-0.2, -0.15) is 0 Å². The average Bonchev–Trinajstić information content (AvgIpc) is 2.33. The van der Waals surface area contributed by atoms with E-state index in [9.17, 15) is 9.18 Å². The normalized spacial score (nSPS) is 24.6. The molecule has 0 atom stereocenters. The van der Waals surface area contributed by atoms with E-state index in [1.807, 2.05) is 0 Å². The molecule has 1 aromatic carbocycles. The highest BCUT2D eigenvalue weighted by Gasteiger charge is 2.27. The summed E-state index contributed by atoms with van der Waals surface area (Å²) in [5, 5.41) is 0. The number of halogens is 2. The Kier molecular flexibility index (Phi) is 3.94. The van der Waals surface area contributed by atoms with Gasteiger partial charge in [0.15, 0.2) is 5.78 Å². The Hall–Kier alpha value is -0.740. The summed E-state index contributed by atoms with van der Waals surface area (Å²) in [6.07, 6.45) is 3.25. The zero-order valence-electron chi connectivity index (χ0n) is 9.46. The molecule has 1 aromatic rings. The molecular weight excluding hydrogens is 285 g/mol. The summed E-state index contributed by atoms with van der Waals surface area (Å²) >= 11 is 3.10. The van der Waals surface area contributed by atoms with Crippen LogP contribution in [0.2, 0.25) is 0 Å². The number of benzene rings is 1. The van der Waals surface area contributed by atoms with Crippen LogP contribution >= 0.6 is 15.9 Å². The van der Waals surface area contributed by atoms with Crippen molar-refractivity contribution >= 4 is 21.7 Å². The lowest BCUT2D eigenvalue weighted by Gasteiger charge is -2.25. The summed E-state index contributed by atoms with van der Waals surface area (Å²) in [6.45, 7) is 0. The molecule has 0 radical (unpaired) electrons. The minimum atomic E-state index is -0.452. The van der Waals surface area contributed by atoms with Crippen LogP contribution in [0, 0.1) is 11.7 Å². The fourth-order valence-electron chi connectivity index (χ4n) is 2.30. The van der Waals surface area contributed by atoms with Gasteiger partial charge < -0.3 is 5.73 Å². The van der Waals surface area contributed by atoms with Crippen molar-refractivity contribution in [3.63, 3.8) is 0 Å². The van der Waals surface area contributed by atoms with Gasteiger partial charge in [0.2, 0.25) is 0 Å². The molecule has 92 valence electrons. The Morgan fingerprint density at radius 1 is 1.29 bits per heavy atom. The largest absolute Gasteiger partial charge is 0.328 e. The lowest BCUT2D eigenvalue weighted by atomic mass is 9.82. The second-order valence-electron chi connectivity index (χ2n) is 4.58. The molecule has 1 saturated carbocycles. The first-order chi connectivity index (χ1) is 8.09. The van der Waals surface area contributed by atoms with Crippen molar-refractivity contribution in [3.8, 4) is 0 Å². The number of Topliss-reactive ketones (excluding diaryl/α,β-unsaturated/α-hetero) is 1. The van der Waals surface area contributed by atoms with Crippen LogP contribution in [0.15, 0.2) is 22.7 Å². The fraction of sp³-hybridized carbons (Fsp3) is 0.462. The molecule has 2 N–H and O–H groups in total. The molecule has 0 amide bonds. The molecule has 2 rings (SSSR count). The summed E-state index contributed by atoms with van der Waals surface area (Å²) in [4.78, 5) is 12.2. The van der Waals surface area contributed by atoms with E-state index < -0.39 is 5.82 Å². The highest BCUT2D eigenvalue weighted by atomic mass is 79.9. The monoisotopic (exact) mass is 299 g/mol. The first-order valence-electron chi connectivity index (χ1n) is 5.83. The lowest BCUT2D eigenvalue weighted by molar-refractivity contribution is 0.0880. The van der Waals surface area contributed by atoms with Crippen molar-refractivity contribution < 1.29 is 9.18 Å². The molecule has 1 aliphatic carbocycles. The van der Waals surface area contributed by atoms with Gasteiger partial charge in [0.25, 0.3) is 0 Å². The van der Waals surface area contributed by atoms with Gasteiger partial charge in [-0.25, -0.2) is 4.39 Å². The molecule has 0 heterocycles. The molecular formula is C13H15BrFNO. The molecule has 0 aromatic heterocycles. The Bertz CT molecular complexity index is 427. The zero-order valence-corrected chi connectivity index (χ0v) is 11.0. The number of nitrogens with two attached hydrogens (primary N) is 1. The van der Waals surface area contributed by atoms with Crippen LogP contribution < -0.4 is 5.73 Å². The standard InChI is InChI=1S/C13H15BrFNO/c14-11-3-1-2-10(12(11)15)13(17)8-4-6-9(16)7-5-8/h1-3,8-9H,4-7,16H2. The molecule has 1 fully saturated rings. The van der Waals surface area contributed by atoms with Crippen LogP contribution in [0.3, 0.4) is 0 Å². The minimum Gasteiger partial charge on any atom is -0.328 e. The first-order valence-corrected chi connectivity index (χ1v) is 6.62. The summed E-state index contributed by atoms with van der Waals surface area (Å²) in [5.74, 6) is -0.610. The Balaban J connectivity index is 2.17. The van der Waals surface area contributed by atoms with Crippen molar-refractivity contribution in [2.45, 2.75) is 31.7 Å². The Labute approximate surface area is 109 Å². The average molecular weight is 300 g/mol. The highest BCUT2D eigenvalue weighted by molar-refractivity contribution is 9.10. The van der Waals surface area contributed by atoms with E-state index in [1.54, 1.807) is 18.2 Å². The van der Waals surface area contributed by atoms with Crippen molar-refractivity contribution in [2.75, 3.05) is 0 Å². The van der Waals surface area contributed by atoms with E-state index in [0.717, 1.165) is 25.7 Å². The summed E-state index contributed by atoms with van der Waals surface area (Å²) in [6, 6.07) is 5.04. The summed E-state index contributed by atoms with van der Waals surface area (Å²) in [5.41, 5.74) is 5.99. The van der Waals surface area contributed by atoms with Gasteiger partial charge in [0.05, 0.1) is 10.0 Å². The molecule has 0 spiro atoms. The third-order valence-electron chi connectivity index (χ3n) is 3.36. The van der Waals surface area contributed by atoms with Crippen molar-refractivity contribution in [2.24, 2.45) is 11.7 Å². The first kappa shape index (κ1) is 12.7. The number of rotatable bonds is 2. The number of carbonyl (C=O) groups is 1. The molecule has 4 heteroatoms. The second-order valence-corrected chi connectivity index (χ2v) is 5.43. The van der Waals surface area contributed by atoms with E-state index in [-0.39, 0.29) is 23.3 Å². The fourth-order valence-corrected chi connectivity index (χ4v) is 2.66. The Morgan fingerprint density at radius 2 is 1.94 bits per heavy atom. The number of hydrogen-bond donors (Lipinski definition) is 1. The van der Waals surface area contributed by atoms with Gasteiger partial charge in [-0.1, -0.05) is 6.07 Å². The lowest BCUT2D eigenvalue weighted by Crippen LogP contribution is -2.30. The van der Waals surface area contributed by atoms with Crippen molar-refractivity contribution in [1.29, 1.82) is 0 Å². The van der Waals surface area contributed by atoms with Crippen LogP contribution in [0.5, 0.6) is 0 Å². The third-order valence-corrected chi connectivity index (χ3v) is 3.97. The SMILES string of the molecule is NC1CCC(C(=O)c2cccc(Br)c2F)CC1. The van der Waals surface area contributed by atoms with Crippen LogP contribution in [-0.4, -0.2) is 11.8 Å². The zero-order chi connectivity index (χ0) is 12.4. The highest BCUT2D eigenvalue weighted by Crippen LogP contribution is 2.28. The predicted octanol–water partition coefficient (Wildman–Crippen LogP) is 3.29. The van der Waals surface area contributed by atoms with Crippen LogP contribution in [-0.2, 0) is 0 Å². The maximum Gasteiger partial charge on any atom is 0.168 e. The molecule has 1 aliphatic rings. The van der Waals surface area contributed by atoms with Gasteiger partial charge >= 0.3 is 0 Å². The maximum absolute atomic E-state index is 13.8. The van der Waals surface area contributed by atoms with Gasteiger partial charge in [0, 0.05) is 12.0 Å². The molecule has 17 heavy (non-hydrogen) atoms. The van der Waals surface area contributed by atoms with Crippen molar-refractivity contribution in [1.82, 2.24) is 0 Å². The molecule has 0 unspecified atom stereocenters. The van der Waals surface area contributed by atoms with Crippen LogP contribution in [0.4, 0.5) is 4.39 Å².